The predicted molar refractivity (Wildman–Crippen MR) is 56.5 cm³/mol. The Labute approximate surface area is 102 Å². The predicted octanol–water partition coefficient (Wildman–Crippen LogP) is 1.05. The second-order valence-electron chi connectivity index (χ2n) is 3.24. The van der Waals surface area contributed by atoms with Crippen molar-refractivity contribution < 1.29 is 19.7 Å². The Kier molecular flexibility index (Phi) is 3.65. The van der Waals surface area contributed by atoms with Gasteiger partial charge >= 0.3 is 6.17 Å². The summed E-state index contributed by atoms with van der Waals surface area (Å²) in [5.74, 6) is 0. The van der Waals surface area contributed by atoms with Gasteiger partial charge in [0.25, 0.3) is 11.4 Å². The van der Waals surface area contributed by atoms with E-state index in [-0.39, 0.29) is 0 Å². The number of hydrogen-bond donors (Lipinski definition) is 0. The van der Waals surface area contributed by atoms with Gasteiger partial charge in [-0.15, -0.1) is 0 Å². The highest BCUT2D eigenvalue weighted by Crippen LogP contribution is 2.28. The van der Waals surface area contributed by atoms with Crippen molar-refractivity contribution in [3.8, 4) is 0 Å². The summed E-state index contributed by atoms with van der Waals surface area (Å²) >= 11 is 0. The van der Waals surface area contributed by atoms with Crippen LogP contribution in [0.3, 0.4) is 0 Å². The van der Waals surface area contributed by atoms with Crippen molar-refractivity contribution in [3.63, 3.8) is 0 Å². The van der Waals surface area contributed by atoms with Gasteiger partial charge < -0.3 is 0 Å². The molecule has 0 fully saturated rings. The van der Waals surface area contributed by atoms with Crippen LogP contribution in [0.1, 0.15) is 11.7 Å². The molecule has 0 bridgehead atoms. The second-order valence-corrected chi connectivity index (χ2v) is 3.24. The van der Waals surface area contributed by atoms with Crippen LogP contribution in [-0.4, -0.2) is 19.7 Å². The van der Waals surface area contributed by atoms with E-state index in [9.17, 15) is 40.5 Å². The standard InChI is InChI=1S/C7H4N4O8/c12-8(13)5-1-4(2-6(3-5)9(14)15)7(10(16)17)11(18)19/h1-3,7H. The molecule has 1 aromatic carbocycles. The molecular weight excluding hydrogens is 268 g/mol. The van der Waals surface area contributed by atoms with E-state index in [1.54, 1.807) is 0 Å². The zero-order valence-electron chi connectivity index (χ0n) is 8.86. The number of hydrogen-bond acceptors (Lipinski definition) is 8. The van der Waals surface area contributed by atoms with E-state index in [4.69, 9.17) is 0 Å². The van der Waals surface area contributed by atoms with E-state index in [1.807, 2.05) is 0 Å². The van der Waals surface area contributed by atoms with Crippen LogP contribution < -0.4 is 0 Å². The maximum absolute atomic E-state index is 10.5. The van der Waals surface area contributed by atoms with Crippen LogP contribution in [0.4, 0.5) is 11.4 Å². The average molecular weight is 272 g/mol. The molecule has 1 rings (SSSR count). The highest BCUT2D eigenvalue weighted by molar-refractivity contribution is 5.46. The SMILES string of the molecule is O=[N+]([O-])c1cc(C([N+](=O)[O-])[N+](=O)[O-])cc([N+](=O)[O-])c1. The molecule has 0 heterocycles. The minimum atomic E-state index is -2.50. The molecule has 0 aliphatic rings. The van der Waals surface area contributed by atoms with Gasteiger partial charge in [0, 0.05) is 12.1 Å². The number of nitro benzene ring substituents is 2. The van der Waals surface area contributed by atoms with Gasteiger partial charge in [-0.1, -0.05) is 0 Å². The summed E-state index contributed by atoms with van der Waals surface area (Å²) in [6.45, 7) is 0. The molecule has 0 amide bonds. The maximum atomic E-state index is 10.5. The van der Waals surface area contributed by atoms with Gasteiger partial charge in [-0.25, -0.2) is 0 Å². The zero-order chi connectivity index (χ0) is 14.7. The van der Waals surface area contributed by atoms with Crippen molar-refractivity contribution in [2.24, 2.45) is 0 Å². The normalized spacial score (nSPS) is 10.2. The lowest BCUT2D eigenvalue weighted by molar-refractivity contribution is -0.752. The molecular formula is C7H4N4O8. The van der Waals surface area contributed by atoms with Crippen LogP contribution in [-0.2, 0) is 0 Å². The topological polar surface area (TPSA) is 173 Å². The fourth-order valence-electron chi connectivity index (χ4n) is 1.30. The van der Waals surface area contributed by atoms with E-state index in [2.05, 4.69) is 0 Å². The molecule has 0 aliphatic heterocycles. The lowest BCUT2D eigenvalue weighted by Gasteiger charge is -2.02. The molecule has 0 unspecified atom stereocenters. The molecule has 1 aromatic rings. The average Bonchev–Trinajstić information content (AvgIpc) is 2.27. The van der Waals surface area contributed by atoms with Gasteiger partial charge in [-0.05, 0) is 0 Å². The van der Waals surface area contributed by atoms with E-state index in [0.717, 1.165) is 0 Å². The van der Waals surface area contributed by atoms with E-state index in [1.165, 1.54) is 0 Å². The summed E-state index contributed by atoms with van der Waals surface area (Å²) < 4.78 is 0. The Morgan fingerprint density at radius 3 is 1.37 bits per heavy atom. The van der Waals surface area contributed by atoms with E-state index in [0.29, 0.717) is 18.2 Å². The molecule has 0 saturated carbocycles. The van der Waals surface area contributed by atoms with Gasteiger partial charge in [0.1, 0.15) is 15.4 Å². The molecule has 0 radical (unpaired) electrons. The van der Waals surface area contributed by atoms with Crippen molar-refractivity contribution >= 4 is 11.4 Å². The smallest absolute Gasteiger partial charge is 0.258 e. The van der Waals surface area contributed by atoms with Crippen molar-refractivity contribution in [2.75, 3.05) is 0 Å². The Morgan fingerprint density at radius 1 is 0.737 bits per heavy atom. The van der Waals surface area contributed by atoms with Gasteiger partial charge in [0.05, 0.1) is 15.9 Å². The molecule has 0 aliphatic carbocycles. The fourth-order valence-corrected chi connectivity index (χ4v) is 1.30. The first kappa shape index (κ1) is 13.9. The second kappa shape index (κ2) is 4.99. The van der Waals surface area contributed by atoms with Crippen molar-refractivity contribution in [2.45, 2.75) is 6.17 Å². The zero-order valence-corrected chi connectivity index (χ0v) is 8.86. The van der Waals surface area contributed by atoms with Crippen molar-refractivity contribution in [1.29, 1.82) is 0 Å². The third kappa shape index (κ3) is 2.93. The number of nitro groups is 4. The molecule has 0 atom stereocenters. The summed E-state index contributed by atoms with van der Waals surface area (Å²) in [7, 11) is 0. The van der Waals surface area contributed by atoms with E-state index >= 15 is 0 Å². The molecule has 0 N–H and O–H groups in total. The number of benzene rings is 1. The van der Waals surface area contributed by atoms with Crippen molar-refractivity contribution in [3.05, 3.63) is 64.2 Å². The number of non-ortho nitro benzene ring substituents is 2. The largest absolute Gasteiger partial charge is 0.477 e. The quantitative estimate of drug-likeness (QED) is 0.434. The summed E-state index contributed by atoms with van der Waals surface area (Å²) in [5.41, 5.74) is -2.41. The molecule has 12 nitrogen and oxygen atoms in total. The minimum absolute atomic E-state index is 0.556. The summed E-state index contributed by atoms with van der Waals surface area (Å²) in [6.07, 6.45) is -2.50. The maximum Gasteiger partial charge on any atom is 0.477 e. The molecule has 0 aromatic heterocycles. The van der Waals surface area contributed by atoms with Crippen LogP contribution in [0.5, 0.6) is 0 Å². The van der Waals surface area contributed by atoms with Crippen LogP contribution >= 0.6 is 0 Å². The summed E-state index contributed by atoms with van der Waals surface area (Å²) in [4.78, 5) is 37.4. The Balaban J connectivity index is 3.49. The molecule has 0 saturated heterocycles. The number of rotatable bonds is 5. The summed E-state index contributed by atoms with van der Waals surface area (Å²) in [6, 6.07) is 1.67. The van der Waals surface area contributed by atoms with Crippen LogP contribution in [0.2, 0.25) is 0 Å². The third-order valence-electron chi connectivity index (χ3n) is 2.04. The molecule has 0 spiro atoms. The van der Waals surface area contributed by atoms with Gasteiger partial charge in [0.15, 0.2) is 0 Å². The fraction of sp³-hybridized carbons (Fsp3) is 0.143. The molecule has 12 heteroatoms. The van der Waals surface area contributed by atoms with Crippen LogP contribution in [0, 0.1) is 40.5 Å². The third-order valence-corrected chi connectivity index (χ3v) is 2.04. The minimum Gasteiger partial charge on any atom is -0.258 e. The van der Waals surface area contributed by atoms with Gasteiger partial charge in [-0.3, -0.25) is 40.5 Å². The lowest BCUT2D eigenvalue weighted by Crippen LogP contribution is -2.19. The highest BCUT2D eigenvalue weighted by Gasteiger charge is 2.37. The van der Waals surface area contributed by atoms with E-state index < -0.39 is 42.8 Å². The highest BCUT2D eigenvalue weighted by atomic mass is 16.7. The van der Waals surface area contributed by atoms with Crippen molar-refractivity contribution in [1.82, 2.24) is 0 Å². The Morgan fingerprint density at radius 2 is 1.11 bits per heavy atom. The number of nitrogens with zero attached hydrogens (tertiary/aromatic N) is 4. The first-order valence-electron chi connectivity index (χ1n) is 4.44. The summed E-state index contributed by atoms with van der Waals surface area (Å²) in [5, 5.41) is 42.1. The monoisotopic (exact) mass is 272 g/mol. The Bertz CT molecular complexity index is 538. The van der Waals surface area contributed by atoms with Gasteiger partial charge in [-0.2, -0.15) is 0 Å². The van der Waals surface area contributed by atoms with Crippen LogP contribution in [0.25, 0.3) is 0 Å². The van der Waals surface area contributed by atoms with Crippen LogP contribution in [0.15, 0.2) is 18.2 Å². The Hall–Kier alpha value is -3.18. The van der Waals surface area contributed by atoms with Gasteiger partial charge in [0.2, 0.25) is 0 Å². The molecule has 19 heavy (non-hydrogen) atoms. The molecule has 100 valence electrons. The first-order chi connectivity index (χ1) is 8.73. The lowest BCUT2D eigenvalue weighted by atomic mass is 10.1. The first-order valence-corrected chi connectivity index (χ1v) is 4.44.